The Bertz CT molecular complexity index is 294. The molecular weight excluding hydrogens is 172 g/mol. The quantitative estimate of drug-likeness (QED) is 0.728. The predicted octanol–water partition coefficient (Wildman–Crippen LogP) is 2.88. The standard InChI is InChI=1S/C12H20N2/c1-12(2,3)8-11-13-9-6-4-5-7-10(9)14-11/h4-8H2,1-3H3,(H,13,14). The van der Waals surface area contributed by atoms with Gasteiger partial charge in [-0.3, -0.25) is 0 Å². The van der Waals surface area contributed by atoms with Crippen molar-refractivity contribution in [3.8, 4) is 0 Å². The summed E-state index contributed by atoms with van der Waals surface area (Å²) in [6.45, 7) is 6.78. The number of hydrogen-bond acceptors (Lipinski definition) is 1. The van der Waals surface area contributed by atoms with E-state index in [9.17, 15) is 0 Å². The Labute approximate surface area is 86.1 Å². The van der Waals surface area contributed by atoms with Crippen LogP contribution < -0.4 is 0 Å². The number of imidazole rings is 1. The van der Waals surface area contributed by atoms with Crippen molar-refractivity contribution >= 4 is 0 Å². The number of nitrogens with one attached hydrogen (secondary N) is 1. The van der Waals surface area contributed by atoms with E-state index in [1.807, 2.05) is 0 Å². The predicted molar refractivity (Wildman–Crippen MR) is 58.4 cm³/mol. The summed E-state index contributed by atoms with van der Waals surface area (Å²) in [5, 5.41) is 0. The average Bonchev–Trinajstić information content (AvgIpc) is 2.42. The number of nitrogens with zero attached hydrogens (tertiary/aromatic N) is 1. The van der Waals surface area contributed by atoms with Gasteiger partial charge in [-0.25, -0.2) is 4.98 Å². The first-order chi connectivity index (χ1) is 6.54. The number of H-pyrrole nitrogens is 1. The van der Waals surface area contributed by atoms with Crippen LogP contribution in [0.2, 0.25) is 0 Å². The van der Waals surface area contributed by atoms with E-state index >= 15 is 0 Å². The third kappa shape index (κ3) is 2.17. The minimum Gasteiger partial charge on any atom is -0.346 e. The van der Waals surface area contributed by atoms with Crippen LogP contribution in [0.3, 0.4) is 0 Å². The highest BCUT2D eigenvalue weighted by atomic mass is 14.9. The van der Waals surface area contributed by atoms with Crippen LogP contribution in [-0.4, -0.2) is 9.97 Å². The van der Waals surface area contributed by atoms with E-state index in [0.29, 0.717) is 5.41 Å². The van der Waals surface area contributed by atoms with Crippen molar-refractivity contribution < 1.29 is 0 Å². The summed E-state index contributed by atoms with van der Waals surface area (Å²) in [5.74, 6) is 1.18. The Hall–Kier alpha value is -0.790. The van der Waals surface area contributed by atoms with E-state index < -0.39 is 0 Å². The van der Waals surface area contributed by atoms with Crippen LogP contribution in [0, 0.1) is 5.41 Å². The summed E-state index contributed by atoms with van der Waals surface area (Å²) in [7, 11) is 0. The van der Waals surface area contributed by atoms with Crippen LogP contribution in [0.1, 0.15) is 50.8 Å². The fraction of sp³-hybridized carbons (Fsp3) is 0.750. The highest BCUT2D eigenvalue weighted by molar-refractivity contribution is 5.18. The zero-order valence-electron chi connectivity index (χ0n) is 9.48. The molecule has 2 heteroatoms. The van der Waals surface area contributed by atoms with Gasteiger partial charge in [0.1, 0.15) is 5.82 Å². The van der Waals surface area contributed by atoms with Crippen LogP contribution in [0.5, 0.6) is 0 Å². The lowest BCUT2D eigenvalue weighted by atomic mass is 9.92. The van der Waals surface area contributed by atoms with Crippen molar-refractivity contribution in [1.29, 1.82) is 0 Å². The zero-order chi connectivity index (χ0) is 10.2. The van der Waals surface area contributed by atoms with Crippen molar-refractivity contribution in [1.82, 2.24) is 9.97 Å². The molecule has 2 nitrogen and oxygen atoms in total. The fourth-order valence-electron chi connectivity index (χ4n) is 2.10. The molecule has 1 aliphatic rings. The molecule has 0 fully saturated rings. The molecule has 0 unspecified atom stereocenters. The second-order valence-corrected chi connectivity index (χ2v) is 5.55. The first-order valence-corrected chi connectivity index (χ1v) is 5.61. The maximum atomic E-state index is 4.68. The molecule has 0 aliphatic heterocycles. The Balaban J connectivity index is 2.16. The summed E-state index contributed by atoms with van der Waals surface area (Å²) in [5.41, 5.74) is 3.06. The van der Waals surface area contributed by atoms with Gasteiger partial charge >= 0.3 is 0 Å². The molecule has 1 aromatic rings. The minimum atomic E-state index is 0.334. The van der Waals surface area contributed by atoms with Gasteiger partial charge in [0.15, 0.2) is 0 Å². The van der Waals surface area contributed by atoms with Gasteiger partial charge in [0.25, 0.3) is 0 Å². The SMILES string of the molecule is CC(C)(C)Cc1nc2c([nH]1)CCCC2. The molecule has 0 amide bonds. The molecule has 0 saturated carbocycles. The third-order valence-corrected chi connectivity index (χ3v) is 2.70. The monoisotopic (exact) mass is 192 g/mol. The summed E-state index contributed by atoms with van der Waals surface area (Å²) < 4.78 is 0. The van der Waals surface area contributed by atoms with Gasteiger partial charge in [0, 0.05) is 12.1 Å². The van der Waals surface area contributed by atoms with Crippen LogP contribution in [0.15, 0.2) is 0 Å². The summed E-state index contributed by atoms with van der Waals surface area (Å²) in [4.78, 5) is 8.16. The molecule has 0 bridgehead atoms. The van der Waals surface area contributed by atoms with Gasteiger partial charge in [-0.05, 0) is 31.1 Å². The first kappa shape index (κ1) is 9.75. The van der Waals surface area contributed by atoms with Crippen molar-refractivity contribution in [3.05, 3.63) is 17.2 Å². The Morgan fingerprint density at radius 1 is 1.21 bits per heavy atom. The van der Waals surface area contributed by atoms with Gasteiger partial charge in [-0.1, -0.05) is 20.8 Å². The van der Waals surface area contributed by atoms with Crippen LogP contribution >= 0.6 is 0 Å². The molecule has 1 N–H and O–H groups in total. The highest BCUT2D eigenvalue weighted by Gasteiger charge is 2.18. The van der Waals surface area contributed by atoms with Crippen LogP contribution in [-0.2, 0) is 19.3 Å². The second-order valence-electron chi connectivity index (χ2n) is 5.55. The lowest BCUT2D eigenvalue weighted by Crippen LogP contribution is -2.10. The molecule has 0 radical (unpaired) electrons. The van der Waals surface area contributed by atoms with E-state index in [-0.39, 0.29) is 0 Å². The molecule has 78 valence electrons. The largest absolute Gasteiger partial charge is 0.346 e. The third-order valence-electron chi connectivity index (χ3n) is 2.70. The molecular formula is C12H20N2. The molecule has 0 spiro atoms. The summed E-state index contributed by atoms with van der Waals surface area (Å²) in [6.07, 6.45) is 6.07. The van der Waals surface area contributed by atoms with Gasteiger partial charge < -0.3 is 4.98 Å². The Morgan fingerprint density at radius 3 is 2.57 bits per heavy atom. The highest BCUT2D eigenvalue weighted by Crippen LogP contribution is 2.23. The minimum absolute atomic E-state index is 0.334. The van der Waals surface area contributed by atoms with E-state index in [1.165, 1.54) is 42.9 Å². The molecule has 0 atom stereocenters. The average molecular weight is 192 g/mol. The van der Waals surface area contributed by atoms with Crippen molar-refractivity contribution in [3.63, 3.8) is 0 Å². The second kappa shape index (κ2) is 3.41. The van der Waals surface area contributed by atoms with Crippen LogP contribution in [0.25, 0.3) is 0 Å². The van der Waals surface area contributed by atoms with Crippen molar-refractivity contribution in [2.24, 2.45) is 5.41 Å². The number of aryl methyl sites for hydroxylation is 2. The number of aromatic nitrogens is 2. The number of aromatic amines is 1. The molecule has 1 aromatic heterocycles. The van der Waals surface area contributed by atoms with E-state index in [2.05, 4.69) is 30.7 Å². The van der Waals surface area contributed by atoms with Crippen molar-refractivity contribution in [2.75, 3.05) is 0 Å². The van der Waals surface area contributed by atoms with Crippen molar-refractivity contribution in [2.45, 2.75) is 52.9 Å². The normalized spacial score (nSPS) is 16.8. The van der Waals surface area contributed by atoms with Gasteiger partial charge in [0.2, 0.25) is 0 Å². The maximum Gasteiger partial charge on any atom is 0.107 e. The summed E-state index contributed by atoms with van der Waals surface area (Å²) >= 11 is 0. The van der Waals surface area contributed by atoms with Gasteiger partial charge in [0.05, 0.1) is 5.69 Å². The lowest BCUT2D eigenvalue weighted by Gasteiger charge is -2.15. The maximum absolute atomic E-state index is 4.68. The van der Waals surface area contributed by atoms with E-state index in [0.717, 1.165) is 6.42 Å². The number of rotatable bonds is 1. The Kier molecular flexibility index (Phi) is 2.38. The van der Waals surface area contributed by atoms with Gasteiger partial charge in [-0.15, -0.1) is 0 Å². The molecule has 14 heavy (non-hydrogen) atoms. The molecule has 2 rings (SSSR count). The molecule has 0 saturated heterocycles. The number of fused-ring (bicyclic) bond motifs is 1. The zero-order valence-corrected chi connectivity index (χ0v) is 9.48. The van der Waals surface area contributed by atoms with Gasteiger partial charge in [-0.2, -0.15) is 0 Å². The van der Waals surface area contributed by atoms with E-state index in [1.54, 1.807) is 0 Å². The molecule has 0 aromatic carbocycles. The van der Waals surface area contributed by atoms with E-state index in [4.69, 9.17) is 0 Å². The molecule has 1 aliphatic carbocycles. The fourth-order valence-corrected chi connectivity index (χ4v) is 2.10. The smallest absolute Gasteiger partial charge is 0.107 e. The Morgan fingerprint density at radius 2 is 1.93 bits per heavy atom. The topological polar surface area (TPSA) is 28.7 Å². The first-order valence-electron chi connectivity index (χ1n) is 5.61. The van der Waals surface area contributed by atoms with Crippen LogP contribution in [0.4, 0.5) is 0 Å². The summed E-state index contributed by atoms with van der Waals surface area (Å²) in [6, 6.07) is 0. The molecule has 1 heterocycles. The number of hydrogen-bond donors (Lipinski definition) is 1. The lowest BCUT2D eigenvalue weighted by molar-refractivity contribution is 0.402.